The monoisotopic (exact) mass is 671 g/mol. The molecule has 0 bridgehead atoms. The van der Waals surface area contributed by atoms with Gasteiger partial charge in [-0.1, -0.05) is 113 Å². The lowest BCUT2D eigenvalue weighted by Crippen LogP contribution is -2.68. The number of carbonyl (C=O) groups is 1. The van der Waals surface area contributed by atoms with Crippen LogP contribution in [0.1, 0.15) is 197 Å². The summed E-state index contributed by atoms with van der Waals surface area (Å²) in [6.07, 6.45) is 24.4. The quantitative estimate of drug-likeness (QED) is 0.143. The van der Waals surface area contributed by atoms with Gasteiger partial charge in [-0.2, -0.15) is 0 Å². The molecule has 4 nitrogen and oxygen atoms in total. The van der Waals surface area contributed by atoms with E-state index in [2.05, 4.69) is 48.5 Å². The highest BCUT2D eigenvalue weighted by molar-refractivity contribution is 5.69. The molecule has 0 heterocycles. The average molecular weight is 671 g/mol. The van der Waals surface area contributed by atoms with Gasteiger partial charge < -0.3 is 14.9 Å². The van der Waals surface area contributed by atoms with Gasteiger partial charge in [-0.25, -0.2) is 0 Å². The van der Waals surface area contributed by atoms with Crippen LogP contribution in [0.4, 0.5) is 0 Å². The van der Waals surface area contributed by atoms with E-state index >= 15 is 0 Å². The van der Waals surface area contributed by atoms with Gasteiger partial charge in [-0.3, -0.25) is 4.79 Å². The minimum Gasteiger partial charge on any atom is -0.462 e. The fourth-order valence-electron chi connectivity index (χ4n) is 14.1. The summed E-state index contributed by atoms with van der Waals surface area (Å²) in [6.45, 7) is 21.3. The number of esters is 1. The van der Waals surface area contributed by atoms with E-state index in [9.17, 15) is 15.0 Å². The van der Waals surface area contributed by atoms with E-state index < -0.39 is 5.60 Å². The van der Waals surface area contributed by atoms with Crippen LogP contribution in [-0.4, -0.2) is 34.0 Å². The second kappa shape index (κ2) is 14.4. The first-order valence-electron chi connectivity index (χ1n) is 21.1. The Morgan fingerprint density at radius 3 is 1.90 bits per heavy atom. The summed E-state index contributed by atoms with van der Waals surface area (Å²) in [7, 11) is 0. The molecule has 5 saturated carbocycles. The molecule has 0 saturated heterocycles. The Morgan fingerprint density at radius 1 is 0.708 bits per heavy atom. The highest BCUT2D eigenvalue weighted by atomic mass is 16.5. The molecule has 278 valence electrons. The lowest BCUT2D eigenvalue weighted by atomic mass is 9.32. The maximum atomic E-state index is 13.2. The van der Waals surface area contributed by atoms with Crippen molar-refractivity contribution in [2.75, 3.05) is 0 Å². The molecule has 2 N–H and O–H groups in total. The number of carbonyl (C=O) groups excluding carboxylic acids is 1. The third-order valence-corrected chi connectivity index (χ3v) is 17.0. The van der Waals surface area contributed by atoms with Gasteiger partial charge in [0.2, 0.25) is 0 Å². The molecule has 0 radical (unpaired) electrons. The van der Waals surface area contributed by atoms with Crippen LogP contribution in [0.5, 0.6) is 0 Å². The maximum Gasteiger partial charge on any atom is 0.306 e. The Hall–Kier alpha value is -0.610. The van der Waals surface area contributed by atoms with Crippen molar-refractivity contribution in [3.8, 4) is 0 Å². The molecule has 0 aliphatic heterocycles. The van der Waals surface area contributed by atoms with Crippen LogP contribution < -0.4 is 0 Å². The van der Waals surface area contributed by atoms with Gasteiger partial charge in [0.25, 0.3) is 0 Å². The number of ether oxygens (including phenoxy) is 1. The van der Waals surface area contributed by atoms with Crippen LogP contribution in [0, 0.1) is 56.7 Å². The van der Waals surface area contributed by atoms with Crippen molar-refractivity contribution in [1.29, 1.82) is 0 Å². The molecule has 0 amide bonds. The summed E-state index contributed by atoms with van der Waals surface area (Å²) >= 11 is 0. The molecule has 5 aliphatic rings. The average Bonchev–Trinajstić information content (AvgIpc) is 3.37. The second-order valence-electron chi connectivity index (χ2n) is 20.3. The van der Waals surface area contributed by atoms with E-state index in [1.165, 1.54) is 83.5 Å². The molecule has 5 rings (SSSR count). The Labute approximate surface area is 296 Å². The zero-order chi connectivity index (χ0) is 35.2. The summed E-state index contributed by atoms with van der Waals surface area (Å²) in [5.41, 5.74) is -0.416. The largest absolute Gasteiger partial charge is 0.462 e. The van der Waals surface area contributed by atoms with Gasteiger partial charge >= 0.3 is 5.97 Å². The number of hydrogen-bond donors (Lipinski definition) is 2. The van der Waals surface area contributed by atoms with Crippen LogP contribution in [0.25, 0.3) is 0 Å². The molecule has 0 spiro atoms. The third-order valence-electron chi connectivity index (χ3n) is 17.0. The highest BCUT2D eigenvalue weighted by Gasteiger charge is 2.72. The van der Waals surface area contributed by atoms with Crippen LogP contribution in [0.3, 0.4) is 0 Å². The normalized spacial score (nSPS) is 43.5. The summed E-state index contributed by atoms with van der Waals surface area (Å²) in [4.78, 5) is 13.2. The fourth-order valence-corrected chi connectivity index (χ4v) is 14.1. The van der Waals surface area contributed by atoms with Gasteiger partial charge in [-0.15, -0.1) is 0 Å². The number of aliphatic hydroxyl groups is 2. The number of unbranched alkanes of at least 4 members (excludes halogenated alkanes) is 10. The molecular weight excluding hydrogens is 592 g/mol. The number of aliphatic hydroxyl groups excluding tert-OH is 1. The first-order valence-corrected chi connectivity index (χ1v) is 21.1. The van der Waals surface area contributed by atoms with Crippen molar-refractivity contribution < 1.29 is 19.7 Å². The van der Waals surface area contributed by atoms with Gasteiger partial charge in [-0.05, 0) is 129 Å². The molecule has 0 aromatic heterocycles. The lowest BCUT2D eigenvalue weighted by molar-refractivity contribution is -0.267. The van der Waals surface area contributed by atoms with Crippen LogP contribution in [0.2, 0.25) is 0 Å². The Balaban J connectivity index is 1.19. The first kappa shape index (κ1) is 38.6. The van der Waals surface area contributed by atoms with Crippen LogP contribution in [0.15, 0.2) is 0 Å². The third kappa shape index (κ3) is 6.72. The minimum atomic E-state index is -0.713. The predicted octanol–water partition coefficient (Wildman–Crippen LogP) is 11.4. The SMILES string of the molecule is CCCCCCCCCCCCCC(=O)OC1CCC2(C)C(CCC3(C)C2CCC2C4C(C(C)(C)O)CCC4(C)C(O)CC23C)C1(C)C. The van der Waals surface area contributed by atoms with Gasteiger partial charge in [0.05, 0.1) is 11.7 Å². The van der Waals surface area contributed by atoms with E-state index in [0.29, 0.717) is 30.1 Å². The van der Waals surface area contributed by atoms with Crippen molar-refractivity contribution >= 4 is 5.97 Å². The fraction of sp³-hybridized carbons (Fsp3) is 0.977. The topological polar surface area (TPSA) is 66.8 Å². The van der Waals surface area contributed by atoms with Crippen molar-refractivity contribution in [3.63, 3.8) is 0 Å². The Morgan fingerprint density at radius 2 is 1.29 bits per heavy atom. The van der Waals surface area contributed by atoms with Crippen molar-refractivity contribution in [2.24, 2.45) is 56.7 Å². The molecular formula is C44H78O4. The smallest absolute Gasteiger partial charge is 0.306 e. The molecule has 0 aromatic rings. The number of hydrogen-bond acceptors (Lipinski definition) is 4. The zero-order valence-electron chi connectivity index (χ0n) is 33.1. The molecule has 48 heavy (non-hydrogen) atoms. The maximum absolute atomic E-state index is 13.2. The zero-order valence-corrected chi connectivity index (χ0v) is 33.1. The van der Waals surface area contributed by atoms with Crippen molar-refractivity contribution in [1.82, 2.24) is 0 Å². The molecule has 0 aromatic carbocycles. The summed E-state index contributed by atoms with van der Waals surface area (Å²) in [5.74, 6) is 2.34. The number of fused-ring (bicyclic) bond motifs is 7. The molecule has 11 unspecified atom stereocenters. The standard InChI is InChI=1S/C44H78O4/c1-10-11-12-13-14-15-16-17-18-19-20-21-37(46)48-36-26-28-41(6)33(39(36,2)3)25-29-43(8)34(41)23-22-32-38-31(40(4,5)47)24-27-42(38,7)35(45)30-44(32,43)9/h31-36,38,45,47H,10-30H2,1-9H3. The van der Waals surface area contributed by atoms with Crippen LogP contribution in [-0.2, 0) is 9.53 Å². The second-order valence-corrected chi connectivity index (χ2v) is 20.3. The summed E-state index contributed by atoms with van der Waals surface area (Å²) in [6, 6.07) is 0. The van der Waals surface area contributed by atoms with Gasteiger partial charge in [0, 0.05) is 11.8 Å². The molecule has 11 atom stereocenters. The molecule has 5 aliphatic carbocycles. The summed E-state index contributed by atoms with van der Waals surface area (Å²) < 4.78 is 6.38. The molecule has 5 fully saturated rings. The Kier molecular flexibility index (Phi) is 11.6. The van der Waals surface area contributed by atoms with Crippen molar-refractivity contribution in [2.45, 2.75) is 215 Å². The van der Waals surface area contributed by atoms with E-state index in [1.54, 1.807) is 0 Å². The van der Waals surface area contributed by atoms with E-state index in [4.69, 9.17) is 4.74 Å². The van der Waals surface area contributed by atoms with E-state index in [0.717, 1.165) is 44.9 Å². The predicted molar refractivity (Wildman–Crippen MR) is 198 cm³/mol. The first-order chi connectivity index (χ1) is 22.5. The van der Waals surface area contributed by atoms with E-state index in [1.807, 2.05) is 13.8 Å². The van der Waals surface area contributed by atoms with Crippen molar-refractivity contribution in [3.05, 3.63) is 0 Å². The minimum absolute atomic E-state index is 0.00954. The molecule has 4 heteroatoms. The van der Waals surface area contributed by atoms with Gasteiger partial charge in [0.15, 0.2) is 0 Å². The summed E-state index contributed by atoms with van der Waals surface area (Å²) in [5, 5.41) is 23.3. The highest BCUT2D eigenvalue weighted by Crippen LogP contribution is 2.77. The Bertz CT molecular complexity index is 1090. The van der Waals surface area contributed by atoms with Crippen LogP contribution >= 0.6 is 0 Å². The number of rotatable bonds is 14. The lowest BCUT2D eigenvalue weighted by Gasteiger charge is -2.73. The van der Waals surface area contributed by atoms with Gasteiger partial charge in [0.1, 0.15) is 6.10 Å². The van der Waals surface area contributed by atoms with E-state index in [-0.39, 0.29) is 51.2 Å².